The van der Waals surface area contributed by atoms with Gasteiger partial charge in [0, 0.05) is 12.7 Å². The number of hydrogen-bond donors (Lipinski definition) is 1. The van der Waals surface area contributed by atoms with Gasteiger partial charge in [-0.15, -0.1) is 0 Å². The van der Waals surface area contributed by atoms with Crippen molar-refractivity contribution in [1.29, 1.82) is 0 Å². The van der Waals surface area contributed by atoms with Gasteiger partial charge in [0.1, 0.15) is 0 Å². The van der Waals surface area contributed by atoms with Crippen LogP contribution in [0.25, 0.3) is 0 Å². The molecule has 0 bridgehead atoms. The minimum absolute atomic E-state index is 1.03. The minimum Gasteiger partial charge on any atom is -0.388 e. The van der Waals surface area contributed by atoms with Crippen molar-refractivity contribution < 1.29 is 0 Å². The Bertz CT molecular complexity index is 199. The largest absolute Gasteiger partial charge is 0.388 e. The van der Waals surface area contributed by atoms with E-state index in [2.05, 4.69) is 31.5 Å². The predicted octanol–water partition coefficient (Wildman–Crippen LogP) is 4.85. The fourth-order valence-electron chi connectivity index (χ4n) is 0.863. The summed E-state index contributed by atoms with van der Waals surface area (Å²) in [4.78, 5) is 0. The Balaban J connectivity index is -0.000000376. The Morgan fingerprint density at radius 3 is 1.75 bits per heavy atom. The summed E-state index contributed by atoms with van der Waals surface area (Å²) in [5.41, 5.74) is 2.09. The Kier molecular flexibility index (Phi) is 24.4. The first kappa shape index (κ1) is 20.2. The van der Waals surface area contributed by atoms with Gasteiger partial charge in [0.15, 0.2) is 0 Å². The SMILES string of the molecule is C=CC(C=C)=C(/C=C\CC)NC.CC.CC. The van der Waals surface area contributed by atoms with Crippen molar-refractivity contribution >= 4 is 0 Å². The molecule has 0 aromatic rings. The normalized spacial score (nSPS) is 7.88. The van der Waals surface area contributed by atoms with Crippen LogP contribution >= 0.6 is 0 Å². The molecule has 1 nitrogen and oxygen atoms in total. The van der Waals surface area contributed by atoms with Crippen molar-refractivity contribution in [2.45, 2.75) is 41.0 Å². The lowest BCUT2D eigenvalue weighted by Crippen LogP contribution is -2.05. The van der Waals surface area contributed by atoms with Gasteiger partial charge in [0.25, 0.3) is 0 Å². The van der Waals surface area contributed by atoms with E-state index in [1.54, 1.807) is 12.2 Å². The zero-order chi connectivity index (χ0) is 13.4. The zero-order valence-electron chi connectivity index (χ0n) is 11.9. The van der Waals surface area contributed by atoms with Gasteiger partial charge in [-0.3, -0.25) is 0 Å². The monoisotopic (exact) mass is 223 g/mol. The highest BCUT2D eigenvalue weighted by Crippen LogP contribution is 2.05. The second-order valence-electron chi connectivity index (χ2n) is 2.34. The fourth-order valence-corrected chi connectivity index (χ4v) is 0.863. The predicted molar refractivity (Wildman–Crippen MR) is 78.6 cm³/mol. The second kappa shape index (κ2) is 19.4. The molecule has 0 saturated heterocycles. The van der Waals surface area contributed by atoms with Crippen LogP contribution in [-0.4, -0.2) is 7.05 Å². The van der Waals surface area contributed by atoms with Crippen molar-refractivity contribution in [3.05, 3.63) is 48.7 Å². The Labute approximate surface area is 103 Å². The van der Waals surface area contributed by atoms with Crippen LogP contribution in [0.3, 0.4) is 0 Å². The molecule has 0 aliphatic carbocycles. The van der Waals surface area contributed by atoms with Crippen LogP contribution < -0.4 is 5.32 Å². The quantitative estimate of drug-likeness (QED) is 0.657. The van der Waals surface area contributed by atoms with Gasteiger partial charge in [-0.05, 0) is 18.1 Å². The third kappa shape index (κ3) is 10.8. The van der Waals surface area contributed by atoms with E-state index >= 15 is 0 Å². The molecule has 0 radical (unpaired) electrons. The topological polar surface area (TPSA) is 12.0 Å². The maximum Gasteiger partial charge on any atom is 0.0407 e. The second-order valence-corrected chi connectivity index (χ2v) is 2.34. The summed E-state index contributed by atoms with van der Waals surface area (Å²) in [5.74, 6) is 0. The number of nitrogens with one attached hydrogen (secondary N) is 1. The van der Waals surface area contributed by atoms with Gasteiger partial charge in [-0.25, -0.2) is 0 Å². The molecule has 0 saturated carbocycles. The highest BCUT2D eigenvalue weighted by atomic mass is 14.8. The molecular formula is C15H29N. The molecule has 0 spiro atoms. The van der Waals surface area contributed by atoms with Crippen LogP contribution in [0.4, 0.5) is 0 Å². The summed E-state index contributed by atoms with van der Waals surface area (Å²) in [5, 5.41) is 3.09. The molecule has 0 unspecified atom stereocenters. The van der Waals surface area contributed by atoms with E-state index < -0.39 is 0 Å². The average Bonchev–Trinajstić information content (AvgIpc) is 2.39. The van der Waals surface area contributed by atoms with E-state index in [0.717, 1.165) is 17.7 Å². The summed E-state index contributed by atoms with van der Waals surface area (Å²) < 4.78 is 0. The Morgan fingerprint density at radius 2 is 1.50 bits per heavy atom. The first-order chi connectivity index (χ1) is 7.79. The summed E-state index contributed by atoms with van der Waals surface area (Å²) in [6.07, 6.45) is 8.75. The molecule has 1 heteroatoms. The van der Waals surface area contributed by atoms with E-state index in [0.29, 0.717) is 0 Å². The van der Waals surface area contributed by atoms with Crippen LogP contribution in [0.15, 0.2) is 48.7 Å². The molecule has 0 heterocycles. The van der Waals surface area contributed by atoms with E-state index in [1.807, 2.05) is 40.8 Å². The van der Waals surface area contributed by atoms with Crippen LogP contribution in [0.1, 0.15) is 41.0 Å². The van der Waals surface area contributed by atoms with Gasteiger partial charge in [0.2, 0.25) is 0 Å². The molecule has 1 N–H and O–H groups in total. The number of likely N-dealkylation sites (N-methyl/N-ethyl adjacent to an activating group) is 1. The summed E-state index contributed by atoms with van der Waals surface area (Å²) in [6.45, 7) is 17.5. The third-order valence-corrected chi connectivity index (χ3v) is 1.54. The standard InChI is InChI=1S/C11H17N.2C2H6/c1-5-8-9-11(12-4)10(6-2)7-3;2*1-2/h6-9,12H,2-3,5H2,1,4H3;2*1-2H3/b9-8-;;. The van der Waals surface area contributed by atoms with Gasteiger partial charge in [-0.2, -0.15) is 0 Å². The third-order valence-electron chi connectivity index (χ3n) is 1.54. The van der Waals surface area contributed by atoms with Crippen LogP contribution in [0.2, 0.25) is 0 Å². The van der Waals surface area contributed by atoms with Crippen molar-refractivity contribution in [3.8, 4) is 0 Å². The summed E-state index contributed by atoms with van der Waals surface area (Å²) in [7, 11) is 1.89. The van der Waals surface area contributed by atoms with E-state index in [1.165, 1.54) is 0 Å². The van der Waals surface area contributed by atoms with Gasteiger partial charge in [-0.1, -0.05) is 66.0 Å². The summed E-state index contributed by atoms with van der Waals surface area (Å²) >= 11 is 0. The number of rotatable bonds is 5. The lowest BCUT2D eigenvalue weighted by atomic mass is 10.2. The average molecular weight is 223 g/mol. The van der Waals surface area contributed by atoms with Crippen molar-refractivity contribution in [2.24, 2.45) is 0 Å². The number of allylic oxidation sites excluding steroid dienone is 5. The molecule has 0 amide bonds. The molecule has 0 aromatic heterocycles. The van der Waals surface area contributed by atoms with Gasteiger partial charge < -0.3 is 5.32 Å². The van der Waals surface area contributed by atoms with E-state index in [4.69, 9.17) is 0 Å². The van der Waals surface area contributed by atoms with Crippen LogP contribution in [-0.2, 0) is 0 Å². The van der Waals surface area contributed by atoms with Gasteiger partial charge in [0.05, 0.1) is 0 Å². The summed E-state index contributed by atoms with van der Waals surface area (Å²) in [6, 6.07) is 0. The Morgan fingerprint density at radius 1 is 1.06 bits per heavy atom. The smallest absolute Gasteiger partial charge is 0.0407 e. The molecule has 0 aromatic carbocycles. The Hall–Kier alpha value is -1.24. The van der Waals surface area contributed by atoms with E-state index in [-0.39, 0.29) is 0 Å². The maximum absolute atomic E-state index is 3.71. The molecule has 94 valence electrons. The molecule has 0 rings (SSSR count). The van der Waals surface area contributed by atoms with Gasteiger partial charge >= 0.3 is 0 Å². The molecule has 0 fully saturated rings. The zero-order valence-corrected chi connectivity index (χ0v) is 11.9. The van der Waals surface area contributed by atoms with Crippen LogP contribution in [0.5, 0.6) is 0 Å². The van der Waals surface area contributed by atoms with E-state index in [9.17, 15) is 0 Å². The number of hydrogen-bond acceptors (Lipinski definition) is 1. The highest BCUT2D eigenvalue weighted by Gasteiger charge is 1.92. The first-order valence-electron chi connectivity index (χ1n) is 6.13. The minimum atomic E-state index is 1.03. The molecule has 0 atom stereocenters. The highest BCUT2D eigenvalue weighted by molar-refractivity contribution is 5.37. The maximum atomic E-state index is 3.71. The molecular weight excluding hydrogens is 194 g/mol. The van der Waals surface area contributed by atoms with Crippen molar-refractivity contribution in [3.63, 3.8) is 0 Å². The first-order valence-corrected chi connectivity index (χ1v) is 6.13. The van der Waals surface area contributed by atoms with Crippen molar-refractivity contribution in [1.82, 2.24) is 5.32 Å². The fraction of sp³-hybridized carbons (Fsp3) is 0.467. The lowest BCUT2D eigenvalue weighted by molar-refractivity contribution is 1.02. The van der Waals surface area contributed by atoms with Crippen molar-refractivity contribution in [2.75, 3.05) is 7.05 Å². The lowest BCUT2D eigenvalue weighted by Gasteiger charge is -2.03. The molecule has 0 aliphatic heterocycles. The molecule has 0 aliphatic rings. The molecule has 16 heavy (non-hydrogen) atoms. The van der Waals surface area contributed by atoms with Crippen LogP contribution in [0, 0.1) is 0 Å².